The van der Waals surface area contributed by atoms with E-state index in [-0.39, 0.29) is 18.8 Å². The molecule has 0 radical (unpaired) electrons. The monoisotopic (exact) mass is 477 g/mol. The first-order valence-electron chi connectivity index (χ1n) is 10.6. The van der Waals surface area contributed by atoms with Gasteiger partial charge in [0.05, 0.1) is 24.4 Å². The molecule has 0 amide bonds. The normalized spacial score (nSPS) is 12.0. The van der Waals surface area contributed by atoms with E-state index in [0.29, 0.717) is 11.3 Å². The van der Waals surface area contributed by atoms with Crippen LogP contribution in [0.4, 0.5) is 13.2 Å². The predicted molar refractivity (Wildman–Crippen MR) is 119 cm³/mol. The van der Waals surface area contributed by atoms with Crippen molar-refractivity contribution in [2.24, 2.45) is 0 Å². The van der Waals surface area contributed by atoms with Gasteiger partial charge in [-0.15, -0.1) is 0 Å². The average Bonchev–Trinajstić information content (AvgIpc) is 3.10. The zero-order valence-corrected chi connectivity index (χ0v) is 19.6. The van der Waals surface area contributed by atoms with Crippen molar-refractivity contribution in [3.05, 3.63) is 75.5 Å². The number of aromatic nitrogens is 3. The number of esters is 1. The molecule has 0 unspecified atom stereocenters. The average molecular weight is 477 g/mol. The minimum absolute atomic E-state index is 0.0449. The number of hydrogen-bond donors (Lipinski definition) is 0. The molecule has 0 aliphatic rings. The van der Waals surface area contributed by atoms with Crippen LogP contribution in [0.2, 0.25) is 0 Å². The van der Waals surface area contributed by atoms with Gasteiger partial charge in [-0.05, 0) is 63.4 Å². The molecule has 0 saturated carbocycles. The number of hydrogen-bond acceptors (Lipinski definition) is 5. The van der Waals surface area contributed by atoms with Crippen molar-refractivity contribution in [1.29, 1.82) is 0 Å². The molecule has 10 heteroatoms. The van der Waals surface area contributed by atoms with Crippen molar-refractivity contribution >= 4 is 5.97 Å². The zero-order chi connectivity index (χ0) is 25.3. The predicted octanol–water partition coefficient (Wildman–Crippen LogP) is 4.44. The van der Waals surface area contributed by atoms with Crippen LogP contribution in [0.25, 0.3) is 5.69 Å². The molecule has 7 nitrogen and oxygen atoms in total. The topological polar surface area (TPSA) is 75.3 Å². The highest BCUT2D eigenvalue weighted by Gasteiger charge is 2.34. The van der Waals surface area contributed by atoms with Crippen molar-refractivity contribution in [2.45, 2.75) is 52.9 Å². The molecule has 0 atom stereocenters. The van der Waals surface area contributed by atoms with E-state index in [4.69, 9.17) is 9.47 Å². The third-order valence-electron chi connectivity index (χ3n) is 5.18. The molecule has 1 heterocycles. The second-order valence-electron chi connectivity index (χ2n) is 8.35. The number of alkyl halides is 3. The van der Waals surface area contributed by atoms with Gasteiger partial charge in [0.15, 0.2) is 5.60 Å². The fourth-order valence-corrected chi connectivity index (χ4v) is 3.60. The smallest absolute Gasteiger partial charge is 0.418 e. The maximum atomic E-state index is 13.4. The van der Waals surface area contributed by atoms with Gasteiger partial charge in [0.2, 0.25) is 0 Å². The maximum Gasteiger partial charge on any atom is 0.418 e. The number of carbonyl (C=O) groups excluding carboxylic acids is 1. The zero-order valence-electron chi connectivity index (χ0n) is 19.6. The molecular formula is C24H26F3N3O4. The van der Waals surface area contributed by atoms with E-state index in [1.165, 1.54) is 18.2 Å². The van der Waals surface area contributed by atoms with Gasteiger partial charge in [-0.3, -0.25) is 0 Å². The summed E-state index contributed by atoms with van der Waals surface area (Å²) in [6, 6.07) is 8.39. The van der Waals surface area contributed by atoms with E-state index in [9.17, 15) is 22.8 Å². The van der Waals surface area contributed by atoms with Crippen molar-refractivity contribution in [3.63, 3.8) is 0 Å². The van der Waals surface area contributed by atoms with E-state index >= 15 is 0 Å². The summed E-state index contributed by atoms with van der Waals surface area (Å²) in [5.41, 5.74) is -0.958. The molecule has 34 heavy (non-hydrogen) atoms. The lowest BCUT2D eigenvalue weighted by molar-refractivity contribution is -0.158. The summed E-state index contributed by atoms with van der Waals surface area (Å²) >= 11 is 0. The fraction of sp³-hybridized carbons (Fsp3) is 0.375. The number of halogens is 3. The Morgan fingerprint density at radius 1 is 1.09 bits per heavy atom. The summed E-state index contributed by atoms with van der Waals surface area (Å²) in [5, 5.41) is 4.00. The largest absolute Gasteiger partial charge is 0.476 e. The van der Waals surface area contributed by atoms with Gasteiger partial charge < -0.3 is 9.47 Å². The van der Waals surface area contributed by atoms with E-state index in [0.717, 1.165) is 32.8 Å². The van der Waals surface area contributed by atoms with Crippen LogP contribution in [-0.4, -0.2) is 32.5 Å². The first-order chi connectivity index (χ1) is 15.8. The Kier molecular flexibility index (Phi) is 6.90. The number of rotatable bonds is 7. The summed E-state index contributed by atoms with van der Waals surface area (Å²) in [4.78, 5) is 25.0. The van der Waals surface area contributed by atoms with Gasteiger partial charge in [0, 0.05) is 0 Å². The fourth-order valence-electron chi connectivity index (χ4n) is 3.60. The minimum atomic E-state index is -4.61. The summed E-state index contributed by atoms with van der Waals surface area (Å²) in [6.07, 6.45) is -3.54. The highest BCUT2D eigenvalue weighted by molar-refractivity contribution is 5.79. The molecule has 3 aromatic rings. The quantitative estimate of drug-likeness (QED) is 0.471. The third kappa shape index (κ3) is 5.16. The number of aryl methyl sites for hydroxylation is 2. The summed E-state index contributed by atoms with van der Waals surface area (Å²) in [6.45, 7) is 8.82. The SMILES string of the molecule is CCOC(=O)C(C)(C)Oc1c(C)cc(Cn2ncn(-c3ccccc3C(F)(F)F)c2=O)cc1C. The Labute approximate surface area is 194 Å². The molecule has 0 fully saturated rings. The highest BCUT2D eigenvalue weighted by atomic mass is 19.4. The number of para-hydroxylation sites is 1. The van der Waals surface area contributed by atoms with E-state index < -0.39 is 29.0 Å². The summed E-state index contributed by atoms with van der Waals surface area (Å²) in [5.74, 6) is 0.0212. The van der Waals surface area contributed by atoms with Gasteiger partial charge in [0.25, 0.3) is 0 Å². The second-order valence-corrected chi connectivity index (χ2v) is 8.35. The molecular weight excluding hydrogens is 451 g/mol. The lowest BCUT2D eigenvalue weighted by atomic mass is 10.0. The molecule has 0 aliphatic carbocycles. The van der Waals surface area contributed by atoms with Crippen LogP contribution in [-0.2, 0) is 22.3 Å². The lowest BCUT2D eigenvalue weighted by Crippen LogP contribution is -2.40. The van der Waals surface area contributed by atoms with Gasteiger partial charge in [-0.1, -0.05) is 24.3 Å². The van der Waals surface area contributed by atoms with Gasteiger partial charge in [-0.25, -0.2) is 18.8 Å². The van der Waals surface area contributed by atoms with Crippen LogP contribution in [0.15, 0.2) is 47.5 Å². The van der Waals surface area contributed by atoms with Gasteiger partial charge in [0.1, 0.15) is 12.1 Å². The van der Waals surface area contributed by atoms with Crippen LogP contribution in [0.5, 0.6) is 5.75 Å². The molecule has 3 rings (SSSR count). The van der Waals surface area contributed by atoms with Crippen molar-refractivity contribution in [1.82, 2.24) is 14.3 Å². The van der Waals surface area contributed by atoms with Gasteiger partial charge >= 0.3 is 17.8 Å². The van der Waals surface area contributed by atoms with Crippen molar-refractivity contribution < 1.29 is 27.4 Å². The molecule has 182 valence electrons. The Hall–Kier alpha value is -3.56. The molecule has 0 N–H and O–H groups in total. The minimum Gasteiger partial charge on any atom is -0.476 e. The molecule has 0 bridgehead atoms. The Balaban J connectivity index is 1.90. The van der Waals surface area contributed by atoms with Crippen LogP contribution < -0.4 is 10.4 Å². The van der Waals surface area contributed by atoms with E-state index in [1.807, 2.05) is 0 Å². The maximum absolute atomic E-state index is 13.4. The number of carbonyl (C=O) groups is 1. The van der Waals surface area contributed by atoms with Crippen LogP contribution in [0, 0.1) is 13.8 Å². The Bertz CT molecular complexity index is 1240. The molecule has 0 saturated heterocycles. The van der Waals surface area contributed by atoms with E-state index in [2.05, 4.69) is 5.10 Å². The summed E-state index contributed by atoms with van der Waals surface area (Å²) < 4.78 is 53.1. The van der Waals surface area contributed by atoms with Gasteiger partial charge in [-0.2, -0.15) is 18.3 Å². The molecule has 0 spiro atoms. The Morgan fingerprint density at radius 2 is 1.71 bits per heavy atom. The lowest BCUT2D eigenvalue weighted by Gasteiger charge is -2.26. The Morgan fingerprint density at radius 3 is 2.29 bits per heavy atom. The second kappa shape index (κ2) is 9.36. The van der Waals surface area contributed by atoms with Crippen molar-refractivity contribution in [2.75, 3.05) is 6.61 Å². The number of nitrogens with zero attached hydrogens (tertiary/aromatic N) is 3. The standard InChI is InChI=1S/C24H26F3N3O4/c1-6-33-21(31)23(4,5)34-20-15(2)11-17(12-16(20)3)13-30-22(32)29(14-28-30)19-10-8-7-9-18(19)24(25,26)27/h7-12,14H,6,13H2,1-5H3. The molecule has 2 aromatic carbocycles. The molecule has 0 aliphatic heterocycles. The first-order valence-corrected chi connectivity index (χ1v) is 10.6. The van der Waals surface area contributed by atoms with Crippen LogP contribution in [0.3, 0.4) is 0 Å². The van der Waals surface area contributed by atoms with Crippen LogP contribution >= 0.6 is 0 Å². The summed E-state index contributed by atoms with van der Waals surface area (Å²) in [7, 11) is 0. The molecule has 1 aromatic heterocycles. The van der Waals surface area contributed by atoms with Crippen LogP contribution in [0.1, 0.15) is 43.0 Å². The number of benzene rings is 2. The highest BCUT2D eigenvalue weighted by Crippen LogP contribution is 2.33. The first kappa shape index (κ1) is 25.1. The van der Waals surface area contributed by atoms with E-state index in [1.54, 1.807) is 46.8 Å². The third-order valence-corrected chi connectivity index (χ3v) is 5.18. The van der Waals surface area contributed by atoms with Crippen molar-refractivity contribution in [3.8, 4) is 11.4 Å². The number of ether oxygens (including phenoxy) is 2.